The standard InChI is InChI=1S/C23H23NO4S2/c25-29(26)18-17-24(16-15-23(29)21-9-5-2-6-10-21)30(27,28)22-13-11-20(12-14-22)19-7-3-1-4-8-19/h1-14,23H,15-18H2. The summed E-state index contributed by atoms with van der Waals surface area (Å²) in [5, 5.41) is -0.681. The highest BCUT2D eigenvalue weighted by atomic mass is 32.2. The minimum atomic E-state index is -3.77. The summed E-state index contributed by atoms with van der Waals surface area (Å²) in [5.41, 5.74) is 2.65. The maximum atomic E-state index is 13.2. The molecule has 1 aliphatic rings. The smallest absolute Gasteiger partial charge is 0.228 e. The number of benzene rings is 3. The molecule has 1 unspecified atom stereocenters. The molecule has 1 fully saturated rings. The normalized spacial score (nSPS) is 19.8. The molecule has 0 amide bonds. The molecule has 0 spiro atoms. The van der Waals surface area contributed by atoms with Crippen LogP contribution in [0.15, 0.2) is 89.8 Å². The van der Waals surface area contributed by atoms with Gasteiger partial charge in [-0.3, -0.25) is 0 Å². The summed E-state index contributed by atoms with van der Waals surface area (Å²) in [6.07, 6.45) is 0.244. The second kappa shape index (κ2) is 8.34. The SMILES string of the molecule is O=S1(=O)CCN(S(=O)(=O)c2ccc(-c3ccccc3)cc2)CCC1c1ccccc1. The highest BCUT2D eigenvalue weighted by Crippen LogP contribution is 2.31. The Bertz CT molecular complexity index is 1210. The van der Waals surface area contributed by atoms with Crippen LogP contribution in [-0.2, 0) is 19.9 Å². The molecule has 0 bridgehead atoms. The number of sulfonamides is 1. The van der Waals surface area contributed by atoms with Crippen LogP contribution < -0.4 is 0 Å². The summed E-state index contributed by atoms with van der Waals surface area (Å²) in [5.74, 6) is -0.187. The van der Waals surface area contributed by atoms with Crippen LogP contribution in [0, 0.1) is 0 Å². The highest BCUT2D eigenvalue weighted by Gasteiger charge is 2.35. The summed E-state index contributed by atoms with van der Waals surface area (Å²) in [7, 11) is -7.21. The number of sulfone groups is 1. The van der Waals surface area contributed by atoms with Gasteiger partial charge in [0.05, 0.1) is 15.9 Å². The van der Waals surface area contributed by atoms with Crippen molar-refractivity contribution >= 4 is 19.9 Å². The van der Waals surface area contributed by atoms with Crippen LogP contribution in [-0.4, -0.2) is 40.0 Å². The first-order valence-corrected chi connectivity index (χ1v) is 13.0. The number of hydrogen-bond donors (Lipinski definition) is 0. The average Bonchev–Trinajstić information content (AvgIpc) is 2.93. The summed E-state index contributed by atoms with van der Waals surface area (Å²) in [6, 6.07) is 25.5. The van der Waals surface area contributed by atoms with E-state index in [1.54, 1.807) is 48.5 Å². The van der Waals surface area contributed by atoms with Gasteiger partial charge in [-0.15, -0.1) is 0 Å². The van der Waals surface area contributed by atoms with Gasteiger partial charge >= 0.3 is 0 Å². The van der Waals surface area contributed by atoms with Crippen molar-refractivity contribution in [1.29, 1.82) is 0 Å². The Balaban J connectivity index is 1.58. The molecule has 4 rings (SSSR count). The maximum Gasteiger partial charge on any atom is 0.243 e. The molecule has 0 radical (unpaired) electrons. The van der Waals surface area contributed by atoms with Crippen molar-refractivity contribution < 1.29 is 16.8 Å². The Morgan fingerprint density at radius 2 is 1.30 bits per heavy atom. The first-order chi connectivity index (χ1) is 14.4. The molecule has 1 aliphatic heterocycles. The van der Waals surface area contributed by atoms with Crippen molar-refractivity contribution in [3.05, 3.63) is 90.5 Å². The third-order valence-corrected chi connectivity index (χ3v) is 9.51. The molecule has 3 aromatic carbocycles. The Labute approximate surface area is 178 Å². The number of nitrogens with zero attached hydrogens (tertiary/aromatic N) is 1. The zero-order valence-corrected chi connectivity index (χ0v) is 18.0. The first-order valence-electron chi connectivity index (χ1n) is 9.80. The van der Waals surface area contributed by atoms with Gasteiger partial charge < -0.3 is 0 Å². The van der Waals surface area contributed by atoms with E-state index in [0.717, 1.165) is 11.1 Å². The summed E-state index contributed by atoms with van der Waals surface area (Å²) < 4.78 is 53.2. The summed E-state index contributed by atoms with van der Waals surface area (Å²) in [4.78, 5) is 0.178. The molecular formula is C23H23NO4S2. The van der Waals surface area contributed by atoms with Gasteiger partial charge in [0, 0.05) is 13.1 Å². The Kier molecular flexibility index (Phi) is 5.77. The topological polar surface area (TPSA) is 71.5 Å². The molecule has 0 aliphatic carbocycles. The molecule has 3 aromatic rings. The first kappa shape index (κ1) is 20.8. The summed E-state index contributed by atoms with van der Waals surface area (Å²) in [6.45, 7) is 0.135. The fraction of sp³-hybridized carbons (Fsp3) is 0.217. The van der Waals surface area contributed by atoms with Gasteiger partial charge in [-0.1, -0.05) is 72.8 Å². The average molecular weight is 442 g/mol. The third kappa shape index (κ3) is 4.19. The van der Waals surface area contributed by atoms with Crippen molar-refractivity contribution in [2.45, 2.75) is 16.6 Å². The highest BCUT2D eigenvalue weighted by molar-refractivity contribution is 7.92. The van der Waals surface area contributed by atoms with Crippen LogP contribution in [0.25, 0.3) is 11.1 Å². The summed E-state index contributed by atoms with van der Waals surface area (Å²) >= 11 is 0. The van der Waals surface area contributed by atoms with E-state index in [9.17, 15) is 16.8 Å². The van der Waals surface area contributed by atoms with E-state index in [1.807, 2.05) is 36.4 Å². The van der Waals surface area contributed by atoms with Crippen molar-refractivity contribution in [3.8, 4) is 11.1 Å². The van der Waals surface area contributed by atoms with E-state index in [0.29, 0.717) is 5.56 Å². The van der Waals surface area contributed by atoms with E-state index >= 15 is 0 Å². The predicted octanol–water partition coefficient (Wildman–Crippen LogP) is 3.90. The molecule has 0 aromatic heterocycles. The number of rotatable bonds is 4. The van der Waals surface area contributed by atoms with Crippen LogP contribution >= 0.6 is 0 Å². The van der Waals surface area contributed by atoms with E-state index in [1.165, 1.54) is 4.31 Å². The van der Waals surface area contributed by atoms with Gasteiger partial charge in [0.1, 0.15) is 0 Å². The second-order valence-corrected chi connectivity index (χ2v) is 11.6. The van der Waals surface area contributed by atoms with Crippen LogP contribution in [0.1, 0.15) is 17.2 Å². The van der Waals surface area contributed by atoms with Gasteiger partial charge in [-0.05, 0) is 35.2 Å². The monoisotopic (exact) mass is 441 g/mol. The molecule has 5 nitrogen and oxygen atoms in total. The lowest BCUT2D eigenvalue weighted by Crippen LogP contribution is -2.33. The van der Waals surface area contributed by atoms with Crippen molar-refractivity contribution in [2.24, 2.45) is 0 Å². The molecule has 7 heteroatoms. The van der Waals surface area contributed by atoms with Crippen molar-refractivity contribution in [2.75, 3.05) is 18.8 Å². The fourth-order valence-corrected chi connectivity index (χ4v) is 7.17. The van der Waals surface area contributed by atoms with E-state index < -0.39 is 25.1 Å². The van der Waals surface area contributed by atoms with Gasteiger partial charge in [0.15, 0.2) is 9.84 Å². The number of hydrogen-bond acceptors (Lipinski definition) is 4. The lowest BCUT2D eigenvalue weighted by atomic mass is 10.1. The van der Waals surface area contributed by atoms with Gasteiger partial charge in [0.25, 0.3) is 0 Å². The third-order valence-electron chi connectivity index (χ3n) is 5.47. The molecule has 30 heavy (non-hydrogen) atoms. The van der Waals surface area contributed by atoms with Gasteiger partial charge in [-0.25, -0.2) is 16.8 Å². The fourth-order valence-electron chi connectivity index (χ4n) is 3.81. The molecule has 0 saturated carbocycles. The molecule has 156 valence electrons. The van der Waals surface area contributed by atoms with E-state index in [-0.39, 0.29) is 30.2 Å². The molecule has 1 saturated heterocycles. The molecule has 0 N–H and O–H groups in total. The van der Waals surface area contributed by atoms with Crippen molar-refractivity contribution in [1.82, 2.24) is 4.31 Å². The van der Waals surface area contributed by atoms with E-state index in [2.05, 4.69) is 0 Å². The Morgan fingerprint density at radius 1 is 0.733 bits per heavy atom. The van der Waals surface area contributed by atoms with Gasteiger partial charge in [0.2, 0.25) is 10.0 Å². The molecule has 1 heterocycles. The van der Waals surface area contributed by atoms with Gasteiger partial charge in [-0.2, -0.15) is 4.31 Å². The predicted molar refractivity (Wildman–Crippen MR) is 118 cm³/mol. The minimum absolute atomic E-state index is 0.0333. The van der Waals surface area contributed by atoms with E-state index in [4.69, 9.17) is 0 Å². The maximum absolute atomic E-state index is 13.2. The van der Waals surface area contributed by atoms with Crippen LogP contribution in [0.4, 0.5) is 0 Å². The molecular weight excluding hydrogens is 418 g/mol. The quantitative estimate of drug-likeness (QED) is 0.616. The Morgan fingerprint density at radius 3 is 1.93 bits per heavy atom. The Hall–Kier alpha value is -2.48. The lowest BCUT2D eigenvalue weighted by molar-refractivity contribution is 0.428. The van der Waals surface area contributed by atoms with Crippen LogP contribution in [0.2, 0.25) is 0 Å². The van der Waals surface area contributed by atoms with Crippen LogP contribution in [0.5, 0.6) is 0 Å². The molecule has 1 atom stereocenters. The zero-order chi connectivity index (χ0) is 21.2. The second-order valence-electron chi connectivity index (χ2n) is 7.35. The van der Waals surface area contributed by atoms with Crippen molar-refractivity contribution in [3.63, 3.8) is 0 Å². The minimum Gasteiger partial charge on any atom is -0.228 e. The van der Waals surface area contributed by atoms with Crippen LogP contribution in [0.3, 0.4) is 0 Å². The largest absolute Gasteiger partial charge is 0.243 e. The lowest BCUT2D eigenvalue weighted by Gasteiger charge is -2.20. The zero-order valence-electron chi connectivity index (χ0n) is 16.4.